The topological polar surface area (TPSA) is 103 Å². The number of halogens is 1. The van der Waals surface area contributed by atoms with Crippen LogP contribution in [0.15, 0.2) is 21.5 Å². The van der Waals surface area contributed by atoms with Gasteiger partial charge in [0.05, 0.1) is 12.2 Å². The Morgan fingerprint density at radius 3 is 2.65 bits per heavy atom. The number of oxazole rings is 1. The molecule has 3 rings (SSSR count). The van der Waals surface area contributed by atoms with Crippen LogP contribution in [0, 0.1) is 5.82 Å². The molecule has 2 aromatic rings. The number of hydrogen-bond acceptors (Lipinski definition) is 5. The molecule has 1 fully saturated rings. The van der Waals surface area contributed by atoms with Crippen molar-refractivity contribution in [3.8, 4) is 0 Å². The van der Waals surface area contributed by atoms with Gasteiger partial charge in [-0.05, 0) is 27.7 Å². The number of nitrogens with two attached hydrogens (primary N) is 1. The first-order valence-electron chi connectivity index (χ1n) is 8.27. The molecule has 2 amide bonds. The van der Waals surface area contributed by atoms with Crippen molar-refractivity contribution in [2.75, 3.05) is 18.0 Å². The van der Waals surface area contributed by atoms with Gasteiger partial charge in [0.1, 0.15) is 5.52 Å². The van der Waals surface area contributed by atoms with Gasteiger partial charge in [-0.15, -0.1) is 0 Å². The van der Waals surface area contributed by atoms with Gasteiger partial charge < -0.3 is 14.9 Å². The fraction of sp³-hybridized carbons (Fsp3) is 0.471. The Morgan fingerprint density at radius 2 is 2.12 bits per heavy atom. The summed E-state index contributed by atoms with van der Waals surface area (Å²) in [7, 11) is 0. The highest BCUT2D eigenvalue weighted by atomic mass is 19.1. The minimum Gasteiger partial charge on any atom is -0.434 e. The quantitative estimate of drug-likeness (QED) is 0.898. The summed E-state index contributed by atoms with van der Waals surface area (Å²) >= 11 is 0. The summed E-state index contributed by atoms with van der Waals surface area (Å²) in [5.74, 6) is -1.32. The maximum atomic E-state index is 14.9. The molecule has 1 saturated heterocycles. The zero-order valence-electron chi connectivity index (χ0n) is 15.1. The summed E-state index contributed by atoms with van der Waals surface area (Å²) in [6.07, 6.45) is -1.83. The number of aromatic nitrogens is 1. The monoisotopic (exact) mass is 364 g/mol. The Bertz CT molecular complexity index is 954. The van der Waals surface area contributed by atoms with E-state index in [9.17, 15) is 14.0 Å². The van der Waals surface area contributed by atoms with Gasteiger partial charge in [-0.25, -0.2) is 14.2 Å². The Balaban J connectivity index is 2.17. The van der Waals surface area contributed by atoms with Crippen molar-refractivity contribution in [3.05, 3.63) is 23.6 Å². The van der Waals surface area contributed by atoms with E-state index in [1.807, 2.05) is 27.7 Å². The number of ether oxygens (including phenoxy) is 1. The third-order valence-electron chi connectivity index (χ3n) is 4.03. The molecule has 0 aliphatic carbocycles. The third-order valence-corrected chi connectivity index (χ3v) is 4.03. The summed E-state index contributed by atoms with van der Waals surface area (Å²) in [5.41, 5.74) is 5.73. The zero-order valence-corrected chi connectivity index (χ0v) is 15.1. The number of nitrogens with zero attached hydrogens (tertiary/aromatic N) is 3. The maximum Gasteiger partial charge on any atom is 0.415 e. The highest BCUT2D eigenvalue weighted by Crippen LogP contribution is 2.30. The van der Waals surface area contributed by atoms with Crippen LogP contribution in [0.1, 0.15) is 27.7 Å². The van der Waals surface area contributed by atoms with E-state index in [2.05, 4.69) is 4.99 Å². The molecule has 1 aromatic heterocycles. The Hall–Kier alpha value is -2.84. The van der Waals surface area contributed by atoms with E-state index in [-0.39, 0.29) is 23.3 Å². The number of benzene rings is 1. The summed E-state index contributed by atoms with van der Waals surface area (Å²) in [4.78, 5) is 28.7. The molecular weight excluding hydrogens is 343 g/mol. The van der Waals surface area contributed by atoms with Crippen LogP contribution in [-0.2, 0) is 15.1 Å². The molecule has 0 saturated carbocycles. The highest BCUT2D eigenvalue weighted by Gasteiger charge is 2.36. The van der Waals surface area contributed by atoms with Gasteiger partial charge >= 0.3 is 6.09 Å². The van der Waals surface area contributed by atoms with Crippen LogP contribution in [0.4, 0.5) is 14.9 Å². The first kappa shape index (κ1) is 18.0. The van der Waals surface area contributed by atoms with Crippen LogP contribution in [-0.4, -0.2) is 35.8 Å². The maximum absolute atomic E-state index is 14.9. The van der Waals surface area contributed by atoms with Crippen LogP contribution >= 0.6 is 0 Å². The second-order valence-electron chi connectivity index (χ2n) is 7.02. The number of rotatable bonds is 3. The smallest absolute Gasteiger partial charge is 0.415 e. The predicted octanol–water partition coefficient (Wildman–Crippen LogP) is 1.86. The van der Waals surface area contributed by atoms with Crippen molar-refractivity contribution >= 4 is 28.8 Å². The van der Waals surface area contributed by atoms with Crippen LogP contribution in [0.2, 0.25) is 0 Å². The van der Waals surface area contributed by atoms with Gasteiger partial charge in [0.15, 0.2) is 17.5 Å². The molecule has 140 valence electrons. The Labute approximate surface area is 149 Å². The standard InChI is InChI=1S/C17H21FN4O4/c1-5-20-15-22(17(2,3)4)13-10(18)6-9(7-11(13)25-15)21-8-12(14(19)23)26-16(21)24/h6-7,12H,5,8H2,1-4H3,(H2,19,23)/b20-15-/t12-/m1/s1. The fourth-order valence-corrected chi connectivity index (χ4v) is 2.93. The first-order chi connectivity index (χ1) is 12.1. The summed E-state index contributed by atoms with van der Waals surface area (Å²) in [6, 6.07) is 2.74. The predicted molar refractivity (Wildman–Crippen MR) is 92.1 cm³/mol. The van der Waals surface area contributed by atoms with E-state index in [0.29, 0.717) is 12.2 Å². The molecule has 9 heteroatoms. The van der Waals surface area contributed by atoms with Crippen molar-refractivity contribution in [1.82, 2.24) is 4.57 Å². The van der Waals surface area contributed by atoms with E-state index in [1.54, 1.807) is 4.57 Å². The largest absolute Gasteiger partial charge is 0.434 e. The number of anilines is 1. The molecular formula is C17H21FN4O4. The van der Waals surface area contributed by atoms with Crippen molar-refractivity contribution < 1.29 is 23.1 Å². The molecule has 2 heterocycles. The van der Waals surface area contributed by atoms with E-state index >= 15 is 0 Å². The average Bonchev–Trinajstić information content (AvgIpc) is 3.08. The molecule has 1 atom stereocenters. The van der Waals surface area contributed by atoms with Gasteiger partial charge in [-0.1, -0.05) is 0 Å². The van der Waals surface area contributed by atoms with Crippen LogP contribution in [0.3, 0.4) is 0 Å². The van der Waals surface area contributed by atoms with Gasteiger partial charge in [0.2, 0.25) is 0 Å². The number of fused-ring (bicyclic) bond motifs is 1. The van der Waals surface area contributed by atoms with Crippen LogP contribution in [0.5, 0.6) is 0 Å². The number of amides is 2. The molecule has 0 unspecified atom stereocenters. The van der Waals surface area contributed by atoms with Crippen molar-refractivity contribution in [2.45, 2.75) is 39.3 Å². The lowest BCUT2D eigenvalue weighted by Gasteiger charge is -2.21. The summed E-state index contributed by atoms with van der Waals surface area (Å²) in [5, 5.41) is 0. The number of carbonyl (C=O) groups excluding carboxylic acids is 2. The van der Waals surface area contributed by atoms with Crippen molar-refractivity contribution in [1.29, 1.82) is 0 Å². The van der Waals surface area contributed by atoms with Crippen LogP contribution in [0.25, 0.3) is 11.1 Å². The number of hydrogen-bond donors (Lipinski definition) is 1. The third kappa shape index (κ3) is 2.93. The Morgan fingerprint density at radius 1 is 1.42 bits per heavy atom. The summed E-state index contributed by atoms with van der Waals surface area (Å²) in [6.45, 7) is 8.00. The minimum absolute atomic E-state index is 0.0781. The van der Waals surface area contributed by atoms with E-state index in [4.69, 9.17) is 14.9 Å². The highest BCUT2D eigenvalue weighted by molar-refractivity contribution is 5.96. The normalized spacial score (nSPS) is 18.7. The second kappa shape index (κ2) is 6.15. The van der Waals surface area contributed by atoms with Gasteiger partial charge in [0.25, 0.3) is 11.6 Å². The van der Waals surface area contributed by atoms with E-state index in [0.717, 1.165) is 4.90 Å². The molecule has 1 aliphatic heterocycles. The number of primary amides is 1. The van der Waals surface area contributed by atoms with Crippen molar-refractivity contribution in [3.63, 3.8) is 0 Å². The number of carbonyl (C=O) groups is 2. The minimum atomic E-state index is -1.07. The zero-order chi connectivity index (χ0) is 19.2. The van der Waals surface area contributed by atoms with Gasteiger partial charge in [-0.3, -0.25) is 14.3 Å². The lowest BCUT2D eigenvalue weighted by Crippen LogP contribution is -2.32. The van der Waals surface area contributed by atoms with Crippen molar-refractivity contribution in [2.24, 2.45) is 10.7 Å². The molecule has 1 aliphatic rings. The molecule has 8 nitrogen and oxygen atoms in total. The number of cyclic esters (lactones) is 1. The molecule has 26 heavy (non-hydrogen) atoms. The van der Waals surface area contributed by atoms with E-state index < -0.39 is 29.5 Å². The van der Waals surface area contributed by atoms with Gasteiger partial charge in [0, 0.05) is 24.2 Å². The lowest BCUT2D eigenvalue weighted by atomic mass is 10.1. The van der Waals surface area contributed by atoms with Crippen LogP contribution < -0.4 is 16.3 Å². The summed E-state index contributed by atoms with van der Waals surface area (Å²) < 4.78 is 27.3. The molecule has 1 aromatic carbocycles. The average molecular weight is 364 g/mol. The molecule has 0 bridgehead atoms. The van der Waals surface area contributed by atoms with E-state index in [1.165, 1.54) is 12.1 Å². The van der Waals surface area contributed by atoms with Gasteiger partial charge in [-0.2, -0.15) is 0 Å². The SMILES string of the molecule is CC/N=c1\oc2cc(N3C[C@H](C(N)=O)OC3=O)cc(F)c2n1C(C)(C)C. The first-order valence-corrected chi connectivity index (χ1v) is 8.27. The Kier molecular flexibility index (Phi) is 4.25. The molecule has 0 radical (unpaired) electrons. The second-order valence-corrected chi connectivity index (χ2v) is 7.02. The molecule has 0 spiro atoms. The molecule has 2 N–H and O–H groups in total. The lowest BCUT2D eigenvalue weighted by molar-refractivity contribution is -0.124. The fourth-order valence-electron chi connectivity index (χ4n) is 2.93.